The molecular formula is C18H33NO6. The van der Waals surface area contributed by atoms with Crippen LogP contribution < -0.4 is 5.32 Å². The quantitative estimate of drug-likeness (QED) is 0.457. The molecule has 0 aromatic carbocycles. The van der Waals surface area contributed by atoms with Gasteiger partial charge in [0.2, 0.25) is 6.29 Å². The van der Waals surface area contributed by atoms with Gasteiger partial charge in [-0.15, -0.1) is 0 Å². The van der Waals surface area contributed by atoms with Crippen LogP contribution in [-0.2, 0) is 19.1 Å². The molecule has 25 heavy (non-hydrogen) atoms. The summed E-state index contributed by atoms with van der Waals surface area (Å²) in [6, 6.07) is 0. The molecule has 1 unspecified atom stereocenters. The van der Waals surface area contributed by atoms with E-state index < -0.39 is 29.7 Å². The highest BCUT2D eigenvalue weighted by Gasteiger charge is 2.28. The van der Waals surface area contributed by atoms with Gasteiger partial charge in [0.25, 0.3) is 0 Å². The van der Waals surface area contributed by atoms with E-state index in [0.29, 0.717) is 25.2 Å². The maximum Gasteiger partial charge on any atom is 0.410 e. The van der Waals surface area contributed by atoms with Crippen LogP contribution in [0.4, 0.5) is 4.79 Å². The van der Waals surface area contributed by atoms with E-state index in [4.69, 9.17) is 14.6 Å². The van der Waals surface area contributed by atoms with Crippen LogP contribution >= 0.6 is 0 Å². The number of carbonyl (C=O) groups is 3. The third kappa shape index (κ3) is 11.4. The lowest BCUT2D eigenvalue weighted by Gasteiger charge is -2.23. The summed E-state index contributed by atoms with van der Waals surface area (Å²) in [6.45, 7) is 11.3. The number of carboxylic acid groups (broad SMARTS) is 1. The molecule has 146 valence electrons. The molecule has 0 bridgehead atoms. The van der Waals surface area contributed by atoms with Crippen molar-refractivity contribution in [2.75, 3.05) is 6.54 Å². The summed E-state index contributed by atoms with van der Waals surface area (Å²) in [5, 5.41) is 11.5. The summed E-state index contributed by atoms with van der Waals surface area (Å²) in [4.78, 5) is 34.8. The Bertz CT molecular complexity index is 441. The highest BCUT2D eigenvalue weighted by Crippen LogP contribution is 2.19. The van der Waals surface area contributed by atoms with Gasteiger partial charge < -0.3 is 19.9 Å². The fraction of sp³-hybridized carbons (Fsp3) is 0.833. The van der Waals surface area contributed by atoms with Gasteiger partial charge in [-0.05, 0) is 45.4 Å². The van der Waals surface area contributed by atoms with Crippen molar-refractivity contribution in [2.24, 2.45) is 17.3 Å². The number of esters is 1. The van der Waals surface area contributed by atoms with Gasteiger partial charge in [0.05, 0.1) is 5.41 Å². The predicted molar refractivity (Wildman–Crippen MR) is 93.9 cm³/mol. The molecule has 0 aliphatic rings. The minimum absolute atomic E-state index is 0.0180. The average Bonchev–Trinajstić information content (AvgIpc) is 2.42. The summed E-state index contributed by atoms with van der Waals surface area (Å²) in [7, 11) is 0. The molecule has 0 rings (SSSR count). The Balaban J connectivity index is 4.58. The first kappa shape index (κ1) is 23.2. The second kappa shape index (κ2) is 10.9. The number of carboxylic acids is 1. The van der Waals surface area contributed by atoms with Crippen molar-refractivity contribution in [3.05, 3.63) is 0 Å². The zero-order chi connectivity index (χ0) is 19.6. The van der Waals surface area contributed by atoms with Crippen LogP contribution in [0.2, 0.25) is 0 Å². The van der Waals surface area contributed by atoms with Gasteiger partial charge in [-0.25, -0.2) is 4.79 Å². The van der Waals surface area contributed by atoms with Gasteiger partial charge in [-0.3, -0.25) is 9.59 Å². The van der Waals surface area contributed by atoms with E-state index in [2.05, 4.69) is 5.32 Å². The van der Waals surface area contributed by atoms with Gasteiger partial charge in [0.15, 0.2) is 0 Å². The number of aliphatic carboxylic acids is 1. The maximum absolute atomic E-state index is 12.0. The van der Waals surface area contributed by atoms with Gasteiger partial charge in [0, 0.05) is 19.4 Å². The van der Waals surface area contributed by atoms with Gasteiger partial charge in [0.1, 0.15) is 0 Å². The first-order chi connectivity index (χ1) is 11.5. The smallest absolute Gasteiger partial charge is 0.410 e. The maximum atomic E-state index is 12.0. The van der Waals surface area contributed by atoms with Gasteiger partial charge in [-0.1, -0.05) is 20.8 Å². The highest BCUT2D eigenvalue weighted by molar-refractivity contribution is 5.75. The van der Waals surface area contributed by atoms with E-state index >= 15 is 0 Å². The van der Waals surface area contributed by atoms with Gasteiger partial charge in [-0.2, -0.15) is 0 Å². The summed E-state index contributed by atoms with van der Waals surface area (Å²) in [6.07, 6.45) is 0.100. The topological polar surface area (TPSA) is 102 Å². The van der Waals surface area contributed by atoms with Crippen molar-refractivity contribution in [3.63, 3.8) is 0 Å². The Hall–Kier alpha value is -1.79. The fourth-order valence-corrected chi connectivity index (χ4v) is 2.21. The van der Waals surface area contributed by atoms with Crippen molar-refractivity contribution in [3.8, 4) is 0 Å². The van der Waals surface area contributed by atoms with E-state index in [1.54, 1.807) is 20.8 Å². The van der Waals surface area contributed by atoms with Crippen molar-refractivity contribution in [2.45, 2.75) is 73.5 Å². The first-order valence-corrected chi connectivity index (χ1v) is 8.83. The lowest BCUT2D eigenvalue weighted by molar-refractivity contribution is -0.178. The standard InChI is InChI=1S/C18H33NO6/c1-7-8-15(24-16(22)18(4,5)6)25-17(23)19-11-13(9-12(2)3)10-14(20)21/h12-13,15H,7-11H2,1-6H3,(H,19,23)(H,20,21)/t13-,15?/m0/s1. The summed E-state index contributed by atoms with van der Waals surface area (Å²) in [5.74, 6) is -1.19. The Kier molecular flexibility index (Phi) is 10.2. The second-order valence-corrected chi connectivity index (χ2v) is 7.75. The molecule has 0 fully saturated rings. The van der Waals surface area contributed by atoms with Crippen molar-refractivity contribution >= 4 is 18.0 Å². The van der Waals surface area contributed by atoms with Crippen molar-refractivity contribution in [1.29, 1.82) is 0 Å². The molecule has 0 aromatic heterocycles. The first-order valence-electron chi connectivity index (χ1n) is 8.83. The molecule has 0 saturated carbocycles. The molecule has 0 saturated heterocycles. The molecule has 1 amide bonds. The number of hydrogen-bond acceptors (Lipinski definition) is 5. The zero-order valence-corrected chi connectivity index (χ0v) is 16.3. The zero-order valence-electron chi connectivity index (χ0n) is 16.3. The Labute approximate surface area is 150 Å². The molecule has 0 aromatic rings. The molecule has 0 aliphatic heterocycles. The molecular weight excluding hydrogens is 326 g/mol. The number of rotatable bonds is 10. The van der Waals surface area contributed by atoms with Crippen molar-refractivity contribution in [1.82, 2.24) is 5.32 Å². The molecule has 2 atom stereocenters. The highest BCUT2D eigenvalue weighted by atomic mass is 16.7. The molecule has 2 N–H and O–H groups in total. The summed E-state index contributed by atoms with van der Waals surface area (Å²) >= 11 is 0. The van der Waals surface area contributed by atoms with Crippen LogP contribution in [0.15, 0.2) is 0 Å². The van der Waals surface area contributed by atoms with Crippen LogP contribution in [0.3, 0.4) is 0 Å². The van der Waals surface area contributed by atoms with Crippen LogP contribution in [0.25, 0.3) is 0 Å². The number of nitrogens with one attached hydrogen (secondary N) is 1. The number of carbonyl (C=O) groups excluding carboxylic acids is 2. The average molecular weight is 359 g/mol. The lowest BCUT2D eigenvalue weighted by Crippen LogP contribution is -2.37. The number of ether oxygens (including phenoxy) is 2. The minimum Gasteiger partial charge on any atom is -0.481 e. The molecule has 0 aliphatic carbocycles. The lowest BCUT2D eigenvalue weighted by atomic mass is 9.94. The third-order valence-electron chi connectivity index (χ3n) is 3.42. The molecule has 7 heteroatoms. The monoisotopic (exact) mass is 359 g/mol. The minimum atomic E-state index is -0.945. The van der Waals surface area contributed by atoms with Crippen LogP contribution in [0.5, 0.6) is 0 Å². The van der Waals surface area contributed by atoms with Crippen LogP contribution in [-0.4, -0.2) is 36.0 Å². The van der Waals surface area contributed by atoms with E-state index in [1.165, 1.54) is 0 Å². The fourth-order valence-electron chi connectivity index (χ4n) is 2.21. The Morgan fingerprint density at radius 1 is 1.12 bits per heavy atom. The predicted octanol–water partition coefficient (Wildman–Crippen LogP) is 3.57. The van der Waals surface area contributed by atoms with Crippen LogP contribution in [0.1, 0.15) is 67.2 Å². The van der Waals surface area contributed by atoms with E-state index in [9.17, 15) is 14.4 Å². The molecule has 7 nitrogen and oxygen atoms in total. The Morgan fingerprint density at radius 2 is 1.72 bits per heavy atom. The van der Waals surface area contributed by atoms with E-state index in [1.807, 2.05) is 20.8 Å². The van der Waals surface area contributed by atoms with E-state index in [-0.39, 0.29) is 18.9 Å². The number of alkyl carbamates (subject to hydrolysis) is 1. The number of hydrogen-bond donors (Lipinski definition) is 2. The Morgan fingerprint density at radius 3 is 2.16 bits per heavy atom. The number of amides is 1. The second-order valence-electron chi connectivity index (χ2n) is 7.75. The van der Waals surface area contributed by atoms with Gasteiger partial charge >= 0.3 is 18.0 Å². The summed E-state index contributed by atoms with van der Waals surface area (Å²) in [5.41, 5.74) is -0.685. The molecule has 0 radical (unpaired) electrons. The SMILES string of the molecule is CCCC(OC(=O)NC[C@H](CC(=O)O)CC(C)C)OC(=O)C(C)(C)C. The normalized spacial score (nSPS) is 13.9. The third-order valence-corrected chi connectivity index (χ3v) is 3.42. The van der Waals surface area contributed by atoms with E-state index in [0.717, 1.165) is 0 Å². The van der Waals surface area contributed by atoms with Crippen molar-refractivity contribution < 1.29 is 29.0 Å². The summed E-state index contributed by atoms with van der Waals surface area (Å²) < 4.78 is 10.4. The molecule has 0 spiro atoms. The molecule has 0 heterocycles. The van der Waals surface area contributed by atoms with Crippen LogP contribution in [0, 0.1) is 17.3 Å². The largest absolute Gasteiger partial charge is 0.481 e.